The average Bonchev–Trinajstić information content (AvgIpc) is 2.50. The molecule has 10 heteroatoms. The Morgan fingerprint density at radius 1 is 1.30 bits per heavy atom. The number of nitrogens with one attached hydrogen (secondary N) is 2. The second kappa shape index (κ2) is 6.56. The maximum atomic E-state index is 11.8. The first-order valence-electron chi connectivity index (χ1n) is 6.40. The van der Waals surface area contributed by atoms with Crippen molar-refractivity contribution in [3.63, 3.8) is 0 Å². The largest absolute Gasteiger partial charge is 0.508 e. The van der Waals surface area contributed by atoms with Crippen molar-refractivity contribution in [2.45, 2.75) is 13.1 Å². The maximum Gasteiger partial charge on any atom is 0.270 e. The van der Waals surface area contributed by atoms with Crippen molar-refractivity contribution in [2.24, 2.45) is 0 Å². The molecule has 0 atom stereocenters. The van der Waals surface area contributed by atoms with Gasteiger partial charge in [-0.2, -0.15) is 0 Å². The van der Waals surface area contributed by atoms with E-state index in [2.05, 4.69) is 10.4 Å². The molecule has 2 aromatic rings. The zero-order valence-electron chi connectivity index (χ0n) is 11.7. The molecule has 0 aliphatic heterocycles. The molecule has 1 aromatic heterocycles. The first-order chi connectivity index (χ1) is 10.9. The molecule has 0 bridgehead atoms. The van der Waals surface area contributed by atoms with Gasteiger partial charge >= 0.3 is 0 Å². The van der Waals surface area contributed by atoms with E-state index in [1.54, 1.807) is 0 Å². The van der Waals surface area contributed by atoms with Crippen molar-refractivity contribution in [3.8, 4) is 5.75 Å². The summed E-state index contributed by atoms with van der Waals surface area (Å²) in [5, 5.41) is 24.9. The molecule has 2 rings (SSSR count). The summed E-state index contributed by atoms with van der Waals surface area (Å²) in [4.78, 5) is 44.4. The summed E-state index contributed by atoms with van der Waals surface area (Å²) < 4.78 is 0.824. The number of hydrogen-bond acceptors (Lipinski definition) is 6. The molecule has 0 saturated heterocycles. The zero-order valence-corrected chi connectivity index (χ0v) is 11.7. The Hall–Kier alpha value is -3.43. The molecule has 0 saturated carbocycles. The van der Waals surface area contributed by atoms with Crippen LogP contribution in [-0.2, 0) is 17.9 Å². The number of nitrogens with zero attached hydrogens (tertiary/aromatic N) is 2. The SMILES string of the molecule is O=C(Cn1[nH]c(=O)ccc1=O)NCc1cc([N+](=O)[O-])ccc1O. The number of nitro groups is 1. The topological polar surface area (TPSA) is 147 Å². The third-order valence-corrected chi connectivity index (χ3v) is 2.94. The summed E-state index contributed by atoms with van der Waals surface area (Å²) >= 11 is 0. The Balaban J connectivity index is 2.06. The Morgan fingerprint density at radius 2 is 2.04 bits per heavy atom. The fourth-order valence-corrected chi connectivity index (χ4v) is 1.80. The van der Waals surface area contributed by atoms with E-state index in [0.717, 1.165) is 35.0 Å². The van der Waals surface area contributed by atoms with Crippen molar-refractivity contribution < 1.29 is 14.8 Å². The number of rotatable bonds is 5. The normalized spacial score (nSPS) is 10.3. The molecular formula is C13H12N4O6. The quantitative estimate of drug-likeness (QED) is 0.498. The van der Waals surface area contributed by atoms with E-state index in [4.69, 9.17) is 0 Å². The van der Waals surface area contributed by atoms with E-state index in [9.17, 15) is 29.6 Å². The van der Waals surface area contributed by atoms with Crippen molar-refractivity contribution in [1.29, 1.82) is 0 Å². The van der Waals surface area contributed by atoms with E-state index in [1.165, 1.54) is 0 Å². The highest BCUT2D eigenvalue weighted by molar-refractivity contribution is 5.75. The molecular weight excluding hydrogens is 308 g/mol. The van der Waals surface area contributed by atoms with Gasteiger partial charge in [0.1, 0.15) is 12.3 Å². The molecule has 0 unspecified atom stereocenters. The number of aromatic nitrogens is 2. The fourth-order valence-electron chi connectivity index (χ4n) is 1.80. The molecule has 120 valence electrons. The van der Waals surface area contributed by atoms with Crippen LogP contribution in [0.2, 0.25) is 0 Å². The number of carbonyl (C=O) groups excluding carboxylic acids is 1. The predicted octanol–water partition coefficient (Wildman–Crippen LogP) is -0.533. The Bertz CT molecular complexity index is 869. The highest BCUT2D eigenvalue weighted by Crippen LogP contribution is 2.22. The number of H-pyrrole nitrogens is 1. The molecule has 10 nitrogen and oxygen atoms in total. The third kappa shape index (κ3) is 4.03. The fraction of sp³-hybridized carbons (Fsp3) is 0.154. The average molecular weight is 320 g/mol. The number of aromatic amines is 1. The van der Waals surface area contributed by atoms with E-state index in [0.29, 0.717) is 0 Å². The highest BCUT2D eigenvalue weighted by Gasteiger charge is 2.12. The summed E-state index contributed by atoms with van der Waals surface area (Å²) in [5.41, 5.74) is -1.16. The van der Waals surface area contributed by atoms with Crippen LogP contribution in [0.5, 0.6) is 5.75 Å². The summed E-state index contributed by atoms with van der Waals surface area (Å²) in [6.45, 7) is -0.594. The molecule has 0 fully saturated rings. The van der Waals surface area contributed by atoms with Gasteiger partial charge in [0.2, 0.25) is 5.91 Å². The van der Waals surface area contributed by atoms with Crippen LogP contribution in [0, 0.1) is 10.1 Å². The van der Waals surface area contributed by atoms with E-state index >= 15 is 0 Å². The van der Waals surface area contributed by atoms with Crippen molar-refractivity contribution in [3.05, 3.63) is 66.7 Å². The lowest BCUT2D eigenvalue weighted by molar-refractivity contribution is -0.384. The summed E-state index contributed by atoms with van der Waals surface area (Å²) in [6, 6.07) is 5.48. The number of carbonyl (C=O) groups is 1. The minimum Gasteiger partial charge on any atom is -0.508 e. The van der Waals surface area contributed by atoms with Crippen LogP contribution in [-0.4, -0.2) is 25.7 Å². The van der Waals surface area contributed by atoms with Crippen LogP contribution in [0.25, 0.3) is 0 Å². The number of benzene rings is 1. The lowest BCUT2D eigenvalue weighted by Crippen LogP contribution is -2.35. The number of nitro benzene ring substituents is 1. The van der Waals surface area contributed by atoms with E-state index in [1.807, 2.05) is 0 Å². The van der Waals surface area contributed by atoms with Gasteiger partial charge in [-0.05, 0) is 6.07 Å². The standard InChI is InChI=1S/C13H12N4O6/c18-10-2-1-9(17(22)23)5-8(10)6-14-12(20)7-16-13(21)4-3-11(19)15-16/h1-5,18H,6-7H2,(H,14,20)(H,15,19). The Kier molecular flexibility index (Phi) is 4.55. The molecule has 1 aromatic carbocycles. The molecule has 3 N–H and O–H groups in total. The van der Waals surface area contributed by atoms with Gasteiger partial charge in [0.15, 0.2) is 0 Å². The van der Waals surface area contributed by atoms with Crippen LogP contribution in [0.3, 0.4) is 0 Å². The van der Waals surface area contributed by atoms with Gasteiger partial charge in [-0.3, -0.25) is 29.6 Å². The second-order valence-corrected chi connectivity index (χ2v) is 4.58. The predicted molar refractivity (Wildman–Crippen MR) is 77.9 cm³/mol. The van der Waals surface area contributed by atoms with Crippen LogP contribution in [0.1, 0.15) is 5.56 Å². The number of non-ortho nitro benzene ring substituents is 1. The Labute approximate surface area is 128 Å². The van der Waals surface area contributed by atoms with Crippen LogP contribution in [0.4, 0.5) is 5.69 Å². The van der Waals surface area contributed by atoms with Gasteiger partial charge in [0, 0.05) is 36.4 Å². The number of phenolic OH excluding ortho intramolecular Hbond substituents is 1. The number of hydrogen-bond donors (Lipinski definition) is 3. The van der Waals surface area contributed by atoms with E-state index < -0.39 is 28.5 Å². The number of aromatic hydroxyl groups is 1. The van der Waals surface area contributed by atoms with Gasteiger partial charge in [-0.1, -0.05) is 0 Å². The van der Waals surface area contributed by atoms with Crippen LogP contribution < -0.4 is 16.4 Å². The van der Waals surface area contributed by atoms with Gasteiger partial charge in [-0.15, -0.1) is 0 Å². The number of phenols is 1. The summed E-state index contributed by atoms with van der Waals surface area (Å²) in [6.07, 6.45) is 0. The van der Waals surface area contributed by atoms with Crippen molar-refractivity contribution >= 4 is 11.6 Å². The lowest BCUT2D eigenvalue weighted by atomic mass is 10.2. The molecule has 0 aliphatic carbocycles. The molecule has 0 spiro atoms. The molecule has 1 amide bonds. The monoisotopic (exact) mass is 320 g/mol. The van der Waals surface area contributed by atoms with Gasteiger partial charge in [0.05, 0.1) is 4.92 Å². The summed E-state index contributed by atoms with van der Waals surface area (Å²) in [5.74, 6) is -0.818. The maximum absolute atomic E-state index is 11.8. The van der Waals surface area contributed by atoms with Crippen molar-refractivity contribution in [2.75, 3.05) is 0 Å². The number of amides is 1. The third-order valence-electron chi connectivity index (χ3n) is 2.94. The van der Waals surface area contributed by atoms with Crippen LogP contribution >= 0.6 is 0 Å². The molecule has 23 heavy (non-hydrogen) atoms. The first-order valence-corrected chi connectivity index (χ1v) is 6.40. The van der Waals surface area contributed by atoms with Gasteiger partial charge in [-0.25, -0.2) is 4.68 Å². The molecule has 0 radical (unpaired) electrons. The first kappa shape index (κ1) is 15.9. The minimum atomic E-state index is -0.626. The smallest absolute Gasteiger partial charge is 0.270 e. The molecule has 1 heterocycles. The minimum absolute atomic E-state index is 0.154. The summed E-state index contributed by atoms with van der Waals surface area (Å²) in [7, 11) is 0. The highest BCUT2D eigenvalue weighted by atomic mass is 16.6. The van der Waals surface area contributed by atoms with E-state index in [-0.39, 0.29) is 23.5 Å². The second-order valence-electron chi connectivity index (χ2n) is 4.58. The zero-order chi connectivity index (χ0) is 17.0. The van der Waals surface area contributed by atoms with Gasteiger partial charge in [0.25, 0.3) is 16.8 Å². The lowest BCUT2D eigenvalue weighted by Gasteiger charge is -2.08. The van der Waals surface area contributed by atoms with Gasteiger partial charge < -0.3 is 10.4 Å². The molecule has 0 aliphatic rings. The Morgan fingerprint density at radius 3 is 2.74 bits per heavy atom. The van der Waals surface area contributed by atoms with Crippen LogP contribution in [0.15, 0.2) is 39.9 Å². The van der Waals surface area contributed by atoms with Crippen molar-refractivity contribution in [1.82, 2.24) is 15.1 Å².